The number of aromatic nitrogens is 3. The molecule has 0 bridgehead atoms. The lowest BCUT2D eigenvalue weighted by Gasteiger charge is -1.99. The second kappa shape index (κ2) is 4.43. The number of hydrogen-bond acceptors (Lipinski definition) is 4. The van der Waals surface area contributed by atoms with E-state index in [9.17, 15) is 0 Å². The number of nitrogens with zero attached hydrogens (tertiary/aromatic N) is 2. The third kappa shape index (κ3) is 2.46. The van der Waals surface area contributed by atoms with Crippen LogP contribution in [-0.2, 0) is 6.42 Å². The Morgan fingerprint density at radius 3 is 3.14 bits per heavy atom. The quantitative estimate of drug-likeness (QED) is 0.844. The average molecular weight is 229 g/mol. The lowest BCUT2D eigenvalue weighted by molar-refractivity contribution is 0.926. The molecular weight excluding hydrogens is 220 g/mol. The molecule has 2 aromatic rings. The summed E-state index contributed by atoms with van der Waals surface area (Å²) in [6.45, 7) is 0.803. The van der Waals surface area contributed by atoms with Crippen LogP contribution in [0, 0.1) is 0 Å². The summed E-state index contributed by atoms with van der Waals surface area (Å²) in [6.07, 6.45) is 4.41. The van der Waals surface area contributed by atoms with Gasteiger partial charge in [-0.25, -0.2) is 9.97 Å². The maximum atomic E-state index is 5.68. The maximum Gasteiger partial charge on any atom is 0.184 e. The molecule has 0 aromatic carbocycles. The summed E-state index contributed by atoms with van der Waals surface area (Å²) in [5.41, 5.74) is 0. The number of H-pyrrole nitrogens is 1. The Labute approximate surface area is 90.4 Å². The summed E-state index contributed by atoms with van der Waals surface area (Å²) in [5, 5.41) is 6.36. The Kier molecular flexibility index (Phi) is 3.00. The number of anilines is 1. The normalized spacial score (nSPS) is 10.4. The van der Waals surface area contributed by atoms with Gasteiger partial charge >= 0.3 is 0 Å². The Bertz CT molecular complexity index is 384. The van der Waals surface area contributed by atoms with Crippen molar-refractivity contribution in [3.63, 3.8) is 0 Å². The molecule has 0 radical (unpaired) electrons. The third-order valence-corrected chi connectivity index (χ3v) is 2.79. The molecule has 0 fully saturated rings. The first-order valence-corrected chi connectivity index (χ1v) is 5.43. The van der Waals surface area contributed by atoms with Gasteiger partial charge in [0, 0.05) is 30.7 Å². The molecule has 14 heavy (non-hydrogen) atoms. The lowest BCUT2D eigenvalue weighted by atomic mass is 10.4. The van der Waals surface area contributed by atoms with Crippen LogP contribution >= 0.6 is 22.9 Å². The maximum absolute atomic E-state index is 5.68. The van der Waals surface area contributed by atoms with Crippen molar-refractivity contribution >= 4 is 28.1 Å². The summed E-state index contributed by atoms with van der Waals surface area (Å²) in [6, 6.07) is 0. The Balaban J connectivity index is 1.78. The highest BCUT2D eigenvalue weighted by molar-refractivity contribution is 7.14. The smallest absolute Gasteiger partial charge is 0.184 e. The second-order valence-electron chi connectivity index (χ2n) is 2.69. The van der Waals surface area contributed by atoms with Gasteiger partial charge in [0.05, 0.1) is 0 Å². The van der Waals surface area contributed by atoms with Gasteiger partial charge in [-0.15, -0.1) is 11.3 Å². The van der Waals surface area contributed by atoms with Gasteiger partial charge in [-0.1, -0.05) is 11.6 Å². The second-order valence-corrected chi connectivity index (χ2v) is 3.93. The number of nitrogens with one attached hydrogen (secondary N) is 2. The fourth-order valence-electron chi connectivity index (χ4n) is 1.06. The molecule has 4 nitrogen and oxygen atoms in total. The number of thiazole rings is 1. The fourth-order valence-corrected chi connectivity index (χ4v) is 1.92. The zero-order valence-electron chi connectivity index (χ0n) is 7.33. The van der Waals surface area contributed by atoms with Gasteiger partial charge in [0.25, 0.3) is 0 Å². The van der Waals surface area contributed by atoms with E-state index in [2.05, 4.69) is 20.3 Å². The van der Waals surface area contributed by atoms with Gasteiger partial charge in [-0.2, -0.15) is 0 Å². The number of imidazole rings is 1. The first-order valence-electron chi connectivity index (χ1n) is 4.18. The van der Waals surface area contributed by atoms with E-state index >= 15 is 0 Å². The first-order chi connectivity index (χ1) is 6.84. The van der Waals surface area contributed by atoms with Crippen LogP contribution in [0.3, 0.4) is 0 Å². The Hall–Kier alpha value is -1.07. The van der Waals surface area contributed by atoms with E-state index in [1.54, 1.807) is 11.6 Å². The zero-order chi connectivity index (χ0) is 9.80. The van der Waals surface area contributed by atoms with Crippen LogP contribution in [0.1, 0.15) is 5.82 Å². The predicted molar refractivity (Wildman–Crippen MR) is 57.9 cm³/mol. The summed E-state index contributed by atoms with van der Waals surface area (Å²) in [4.78, 5) is 11.2. The van der Waals surface area contributed by atoms with Crippen molar-refractivity contribution in [1.29, 1.82) is 0 Å². The molecule has 0 aliphatic rings. The van der Waals surface area contributed by atoms with E-state index in [1.807, 2.05) is 6.20 Å². The molecule has 0 saturated carbocycles. The van der Waals surface area contributed by atoms with Gasteiger partial charge < -0.3 is 10.3 Å². The minimum atomic E-state index is 0.537. The highest BCUT2D eigenvalue weighted by atomic mass is 35.5. The van der Waals surface area contributed by atoms with E-state index in [1.165, 1.54) is 11.3 Å². The van der Waals surface area contributed by atoms with E-state index in [0.717, 1.165) is 23.9 Å². The summed E-state index contributed by atoms with van der Waals surface area (Å²) >= 11 is 7.18. The van der Waals surface area contributed by atoms with Crippen molar-refractivity contribution in [1.82, 2.24) is 15.0 Å². The van der Waals surface area contributed by atoms with Crippen molar-refractivity contribution < 1.29 is 0 Å². The molecule has 2 N–H and O–H groups in total. The monoisotopic (exact) mass is 228 g/mol. The first kappa shape index (κ1) is 9.48. The topological polar surface area (TPSA) is 53.6 Å². The number of hydrogen-bond donors (Lipinski definition) is 2. The van der Waals surface area contributed by atoms with Crippen LogP contribution < -0.4 is 5.32 Å². The summed E-state index contributed by atoms with van der Waals surface area (Å²) in [5.74, 6) is 0.972. The highest BCUT2D eigenvalue weighted by Gasteiger charge is 1.99. The van der Waals surface area contributed by atoms with Gasteiger partial charge in [0.2, 0.25) is 0 Å². The van der Waals surface area contributed by atoms with Gasteiger partial charge in [0.15, 0.2) is 5.13 Å². The molecule has 0 saturated heterocycles. The molecular formula is C8H9ClN4S. The largest absolute Gasteiger partial charge is 0.361 e. The van der Waals surface area contributed by atoms with Crippen LogP contribution in [-0.4, -0.2) is 21.5 Å². The third-order valence-electron chi connectivity index (χ3n) is 1.67. The summed E-state index contributed by atoms with van der Waals surface area (Å²) in [7, 11) is 0. The molecule has 2 aromatic heterocycles. The Morgan fingerprint density at radius 2 is 2.50 bits per heavy atom. The molecule has 0 unspecified atom stereocenters. The molecule has 0 aliphatic heterocycles. The molecule has 0 aliphatic carbocycles. The van der Waals surface area contributed by atoms with Crippen LogP contribution in [0.25, 0.3) is 0 Å². The zero-order valence-corrected chi connectivity index (χ0v) is 8.90. The lowest BCUT2D eigenvalue weighted by Crippen LogP contribution is -2.05. The minimum Gasteiger partial charge on any atom is -0.361 e. The number of aromatic amines is 1. The van der Waals surface area contributed by atoms with Crippen molar-refractivity contribution in [2.75, 3.05) is 11.9 Å². The van der Waals surface area contributed by atoms with Gasteiger partial charge in [0.1, 0.15) is 11.0 Å². The minimum absolute atomic E-state index is 0.537. The fraction of sp³-hybridized carbons (Fsp3) is 0.250. The summed E-state index contributed by atoms with van der Waals surface area (Å²) < 4.78 is 0. The van der Waals surface area contributed by atoms with Crippen LogP contribution in [0.2, 0.25) is 5.15 Å². The van der Waals surface area contributed by atoms with Crippen LogP contribution in [0.15, 0.2) is 17.8 Å². The molecule has 0 spiro atoms. The molecule has 2 rings (SSSR count). The highest BCUT2D eigenvalue weighted by Crippen LogP contribution is 2.18. The van der Waals surface area contributed by atoms with Gasteiger partial charge in [-0.05, 0) is 0 Å². The van der Waals surface area contributed by atoms with Crippen molar-refractivity contribution in [3.8, 4) is 0 Å². The SMILES string of the molecule is Clc1csc(NCCc2ncc[nH]2)n1. The van der Waals surface area contributed by atoms with E-state index < -0.39 is 0 Å². The van der Waals surface area contributed by atoms with Crippen molar-refractivity contribution in [3.05, 3.63) is 28.8 Å². The predicted octanol–water partition coefficient (Wildman–Crippen LogP) is 2.17. The van der Waals surface area contributed by atoms with Gasteiger partial charge in [-0.3, -0.25) is 0 Å². The average Bonchev–Trinajstić information content (AvgIpc) is 2.77. The van der Waals surface area contributed by atoms with E-state index in [0.29, 0.717) is 5.15 Å². The standard InChI is InChI=1S/C8H9ClN4S/c9-6-5-14-8(13-6)12-2-1-7-10-3-4-11-7/h3-5H,1-2H2,(H,10,11)(H,12,13). The number of rotatable bonds is 4. The van der Waals surface area contributed by atoms with Crippen molar-refractivity contribution in [2.24, 2.45) is 0 Å². The molecule has 74 valence electrons. The molecule has 0 amide bonds. The van der Waals surface area contributed by atoms with Crippen molar-refractivity contribution in [2.45, 2.75) is 6.42 Å². The van der Waals surface area contributed by atoms with E-state index in [4.69, 9.17) is 11.6 Å². The molecule has 2 heterocycles. The Morgan fingerprint density at radius 1 is 1.57 bits per heavy atom. The van der Waals surface area contributed by atoms with Crippen LogP contribution in [0.5, 0.6) is 0 Å². The molecule has 0 atom stereocenters. The molecule has 6 heteroatoms. The van der Waals surface area contributed by atoms with Crippen LogP contribution in [0.4, 0.5) is 5.13 Å². The van der Waals surface area contributed by atoms with E-state index in [-0.39, 0.29) is 0 Å². The number of halogens is 1.